The van der Waals surface area contributed by atoms with Gasteiger partial charge in [-0.15, -0.1) is 0 Å². The minimum atomic E-state index is -2.24. The van der Waals surface area contributed by atoms with Crippen molar-refractivity contribution in [1.29, 1.82) is 0 Å². The summed E-state index contributed by atoms with van der Waals surface area (Å²) in [5, 5.41) is 59.6. The zero-order valence-corrected chi connectivity index (χ0v) is 19.1. The van der Waals surface area contributed by atoms with Crippen LogP contribution in [-0.2, 0) is 12.8 Å². The maximum atomic E-state index is 14.3. The van der Waals surface area contributed by atoms with Crippen LogP contribution in [0.1, 0.15) is 24.5 Å². The Morgan fingerprint density at radius 2 is 1.08 bits per heavy atom. The summed E-state index contributed by atoms with van der Waals surface area (Å²) in [4.78, 5) is 0. The highest BCUT2D eigenvalue weighted by molar-refractivity contribution is 5.23. The van der Waals surface area contributed by atoms with Crippen LogP contribution in [0.2, 0.25) is 0 Å². The molecule has 0 spiro atoms. The van der Waals surface area contributed by atoms with Crippen LogP contribution >= 0.6 is 0 Å². The van der Waals surface area contributed by atoms with E-state index < -0.39 is 108 Å². The predicted octanol–water partition coefficient (Wildman–Crippen LogP) is 1.75. The number of benzene rings is 2. The lowest BCUT2D eigenvalue weighted by Gasteiger charge is -2.35. The van der Waals surface area contributed by atoms with Crippen molar-refractivity contribution in [1.82, 2.24) is 0 Å². The van der Waals surface area contributed by atoms with Crippen molar-refractivity contribution in [3.63, 3.8) is 0 Å². The summed E-state index contributed by atoms with van der Waals surface area (Å²) in [7, 11) is 0. The molecule has 2 aromatic rings. The fourth-order valence-electron chi connectivity index (χ4n) is 4.03. The summed E-state index contributed by atoms with van der Waals surface area (Å²) in [6.45, 7) is 0.363. The molecule has 0 fully saturated rings. The zero-order valence-electron chi connectivity index (χ0n) is 19.1. The second kappa shape index (κ2) is 12.8. The van der Waals surface area contributed by atoms with Crippen molar-refractivity contribution in [3.8, 4) is 0 Å². The topological polar surface area (TPSA) is 121 Å². The second-order valence-electron chi connectivity index (χ2n) is 8.74. The molecule has 0 aliphatic rings. The molecule has 0 saturated heterocycles. The fourth-order valence-corrected chi connectivity index (χ4v) is 4.03. The minimum Gasteiger partial charge on any atom is -0.394 e. The normalized spacial score (nSPS) is 17.8. The lowest BCUT2D eigenvalue weighted by Crippen LogP contribution is -2.52. The SMILES string of the molecule is CC(CCc1c(F)ccc(F)c1F)C(Cc1c(F)ccc(F)c1F)C(O)[C@@H](O)[C@@H](O)[C@H](O)[C@@H](O)CO. The van der Waals surface area contributed by atoms with E-state index in [1.54, 1.807) is 0 Å². The third-order valence-electron chi connectivity index (χ3n) is 6.37. The van der Waals surface area contributed by atoms with Crippen LogP contribution in [-0.4, -0.2) is 67.8 Å². The Bertz CT molecular complexity index is 1030. The first-order valence-corrected chi connectivity index (χ1v) is 11.1. The highest BCUT2D eigenvalue weighted by Gasteiger charge is 2.40. The summed E-state index contributed by atoms with van der Waals surface area (Å²) in [6, 6.07) is 2.45. The molecule has 0 aliphatic heterocycles. The van der Waals surface area contributed by atoms with E-state index >= 15 is 0 Å². The standard InChI is InChI=1S/C24H28F6O6/c1-10(2-3-11-14(25)4-6-16(27)19(11)29)12(8-13-15(26)5-7-17(28)20(13)30)21(33)23(35)24(36)22(34)18(32)9-31/h4-7,10,12,18,21-24,31-36H,2-3,8-9H2,1H3/t10?,12?,18-,21?,22+,23+,24-/m0/s1. The van der Waals surface area contributed by atoms with Gasteiger partial charge in [0.2, 0.25) is 0 Å². The van der Waals surface area contributed by atoms with Gasteiger partial charge < -0.3 is 30.6 Å². The Kier molecular flexibility index (Phi) is 10.7. The van der Waals surface area contributed by atoms with Gasteiger partial charge in [-0.3, -0.25) is 0 Å². The van der Waals surface area contributed by atoms with E-state index in [0.29, 0.717) is 24.3 Å². The summed E-state index contributed by atoms with van der Waals surface area (Å²) < 4.78 is 84.0. The van der Waals surface area contributed by atoms with E-state index in [0.717, 1.165) is 0 Å². The van der Waals surface area contributed by atoms with Crippen molar-refractivity contribution in [2.24, 2.45) is 11.8 Å². The van der Waals surface area contributed by atoms with Crippen molar-refractivity contribution in [2.75, 3.05) is 6.61 Å². The molecule has 12 heteroatoms. The molecule has 0 aliphatic carbocycles. The molecule has 2 rings (SSSR count). The monoisotopic (exact) mass is 526 g/mol. The van der Waals surface area contributed by atoms with Crippen molar-refractivity contribution >= 4 is 0 Å². The number of aliphatic hydroxyl groups excluding tert-OH is 6. The van der Waals surface area contributed by atoms with Gasteiger partial charge in [-0.25, -0.2) is 26.3 Å². The molecule has 3 unspecified atom stereocenters. The molecule has 6 nitrogen and oxygen atoms in total. The molecule has 0 bridgehead atoms. The molecule has 2 aromatic carbocycles. The van der Waals surface area contributed by atoms with Crippen LogP contribution in [0.3, 0.4) is 0 Å². The fraction of sp³-hybridized carbons (Fsp3) is 0.500. The summed E-state index contributed by atoms with van der Waals surface area (Å²) in [6.07, 6.45) is -12.0. The number of hydrogen-bond acceptors (Lipinski definition) is 6. The third kappa shape index (κ3) is 6.75. The molecule has 6 N–H and O–H groups in total. The first-order chi connectivity index (χ1) is 16.8. The van der Waals surface area contributed by atoms with Crippen molar-refractivity contribution in [3.05, 3.63) is 70.3 Å². The van der Waals surface area contributed by atoms with Crippen LogP contribution in [0.15, 0.2) is 24.3 Å². The number of aliphatic hydroxyl groups is 6. The molecule has 0 amide bonds. The Morgan fingerprint density at radius 3 is 1.61 bits per heavy atom. The van der Waals surface area contributed by atoms with Crippen molar-refractivity contribution in [2.45, 2.75) is 56.7 Å². The molecule has 7 atom stereocenters. The van der Waals surface area contributed by atoms with E-state index in [4.69, 9.17) is 5.11 Å². The van der Waals surface area contributed by atoms with E-state index in [2.05, 4.69) is 0 Å². The first-order valence-electron chi connectivity index (χ1n) is 11.1. The molecule has 202 valence electrons. The zero-order chi connectivity index (χ0) is 27.3. The molecule has 0 saturated carbocycles. The van der Waals surface area contributed by atoms with Crippen LogP contribution in [0.5, 0.6) is 0 Å². The smallest absolute Gasteiger partial charge is 0.164 e. The minimum absolute atomic E-state index is 0.220. The van der Waals surface area contributed by atoms with Gasteiger partial charge in [-0.1, -0.05) is 6.92 Å². The summed E-state index contributed by atoms with van der Waals surface area (Å²) in [5.74, 6) is -10.3. The van der Waals surface area contributed by atoms with Gasteiger partial charge in [0.1, 0.15) is 36.1 Å². The Hall–Kier alpha value is -2.22. The lowest BCUT2D eigenvalue weighted by atomic mass is 9.77. The van der Waals surface area contributed by atoms with Gasteiger partial charge in [-0.2, -0.15) is 0 Å². The maximum Gasteiger partial charge on any atom is 0.164 e. The van der Waals surface area contributed by atoms with Crippen LogP contribution in [0, 0.1) is 46.7 Å². The van der Waals surface area contributed by atoms with Gasteiger partial charge in [0, 0.05) is 11.1 Å². The average Bonchev–Trinajstić information content (AvgIpc) is 2.86. The van der Waals surface area contributed by atoms with Gasteiger partial charge in [-0.05, 0) is 55.4 Å². The van der Waals surface area contributed by atoms with Gasteiger partial charge in [0.25, 0.3) is 0 Å². The van der Waals surface area contributed by atoms with Crippen LogP contribution < -0.4 is 0 Å². The Balaban J connectivity index is 2.37. The van der Waals surface area contributed by atoms with Gasteiger partial charge in [0.15, 0.2) is 23.3 Å². The van der Waals surface area contributed by atoms with Crippen LogP contribution in [0.25, 0.3) is 0 Å². The molecule has 0 heterocycles. The molecular weight excluding hydrogens is 498 g/mol. The van der Waals surface area contributed by atoms with E-state index in [1.165, 1.54) is 6.92 Å². The van der Waals surface area contributed by atoms with E-state index in [9.17, 15) is 51.9 Å². The largest absolute Gasteiger partial charge is 0.394 e. The first kappa shape index (κ1) is 30.0. The Labute approximate surface area is 203 Å². The predicted molar refractivity (Wildman–Crippen MR) is 114 cm³/mol. The molecule has 0 radical (unpaired) electrons. The Morgan fingerprint density at radius 1 is 0.639 bits per heavy atom. The molecule has 0 aromatic heterocycles. The third-order valence-corrected chi connectivity index (χ3v) is 6.37. The second-order valence-corrected chi connectivity index (χ2v) is 8.74. The summed E-state index contributed by atoms with van der Waals surface area (Å²) >= 11 is 0. The van der Waals surface area contributed by atoms with Crippen molar-refractivity contribution < 1.29 is 57.0 Å². The van der Waals surface area contributed by atoms with Gasteiger partial charge in [0.05, 0.1) is 12.7 Å². The average molecular weight is 526 g/mol. The van der Waals surface area contributed by atoms with E-state index in [1.807, 2.05) is 0 Å². The number of hydrogen-bond donors (Lipinski definition) is 6. The van der Waals surface area contributed by atoms with Crippen LogP contribution in [0.4, 0.5) is 26.3 Å². The lowest BCUT2D eigenvalue weighted by molar-refractivity contribution is -0.152. The van der Waals surface area contributed by atoms with E-state index in [-0.39, 0.29) is 6.42 Å². The molecular formula is C24H28F6O6. The summed E-state index contributed by atoms with van der Waals surface area (Å²) in [5.41, 5.74) is -1.44. The number of halogens is 6. The maximum absolute atomic E-state index is 14.3. The highest BCUT2D eigenvalue weighted by atomic mass is 19.2. The molecule has 36 heavy (non-hydrogen) atoms. The number of rotatable bonds is 12. The quantitative estimate of drug-likeness (QED) is 0.185. The highest BCUT2D eigenvalue weighted by Crippen LogP contribution is 2.31. The van der Waals surface area contributed by atoms with Gasteiger partial charge >= 0.3 is 0 Å².